The first-order valence-electron chi connectivity index (χ1n) is 14.2. The number of aryl methyl sites for hydroxylation is 1. The molecule has 0 saturated heterocycles. The van der Waals surface area contributed by atoms with E-state index >= 15 is 0 Å². The lowest BCUT2D eigenvalue weighted by Gasteiger charge is -2.30. The number of benzene rings is 2. The third-order valence-electron chi connectivity index (χ3n) is 7.93. The second-order valence-electron chi connectivity index (χ2n) is 10.5. The zero-order valence-electron chi connectivity index (χ0n) is 24.5. The summed E-state index contributed by atoms with van der Waals surface area (Å²) in [6, 6.07) is 10.2. The first-order valence-corrected chi connectivity index (χ1v) is 14.6. The number of amides is 2. The van der Waals surface area contributed by atoms with Crippen LogP contribution in [0.2, 0.25) is 5.02 Å². The Labute approximate surface area is 261 Å². The smallest absolute Gasteiger partial charge is 0.261 e. The van der Waals surface area contributed by atoms with Crippen molar-refractivity contribution in [1.82, 2.24) is 40.2 Å². The molecule has 1 aliphatic rings. The Morgan fingerprint density at radius 3 is 2.71 bits per heavy atom. The largest absolute Gasteiger partial charge is 0.495 e. The van der Waals surface area contributed by atoms with Crippen molar-refractivity contribution in [3.63, 3.8) is 0 Å². The van der Waals surface area contributed by atoms with Gasteiger partial charge in [0.2, 0.25) is 0 Å². The number of H-pyrrole nitrogens is 1. The van der Waals surface area contributed by atoms with Crippen molar-refractivity contribution in [3.05, 3.63) is 88.7 Å². The third-order valence-corrected chi connectivity index (χ3v) is 8.22. The Hall–Kier alpha value is -5.56. The minimum Gasteiger partial charge on any atom is -0.495 e. The van der Waals surface area contributed by atoms with E-state index in [1.54, 1.807) is 50.2 Å². The molecule has 0 saturated carbocycles. The molecule has 1 aliphatic heterocycles. The van der Waals surface area contributed by atoms with E-state index < -0.39 is 17.9 Å². The van der Waals surface area contributed by atoms with Gasteiger partial charge in [-0.05, 0) is 43.7 Å². The number of carbonyl (C=O) groups excluding carboxylic acids is 2. The average molecular weight is 623 g/mol. The molecule has 226 valence electrons. The summed E-state index contributed by atoms with van der Waals surface area (Å²) in [7, 11) is 1.58. The van der Waals surface area contributed by atoms with Gasteiger partial charge in [0.1, 0.15) is 5.75 Å². The minimum absolute atomic E-state index is 0.274. The van der Waals surface area contributed by atoms with Gasteiger partial charge in [0, 0.05) is 36.3 Å². The van der Waals surface area contributed by atoms with Crippen molar-refractivity contribution in [2.24, 2.45) is 0 Å². The monoisotopic (exact) mass is 622 g/mol. The Kier molecular flexibility index (Phi) is 7.01. The molecule has 5 heterocycles. The summed E-state index contributed by atoms with van der Waals surface area (Å²) in [6.07, 6.45) is 6.83. The van der Waals surface area contributed by atoms with Crippen LogP contribution in [0.1, 0.15) is 51.9 Å². The van der Waals surface area contributed by atoms with E-state index in [1.165, 1.54) is 0 Å². The number of aromatic amines is 1. The van der Waals surface area contributed by atoms with Crippen LogP contribution < -0.4 is 20.3 Å². The van der Waals surface area contributed by atoms with Gasteiger partial charge in [0.25, 0.3) is 11.8 Å². The predicted molar refractivity (Wildman–Crippen MR) is 169 cm³/mol. The Bertz CT molecular complexity index is 2110. The maximum absolute atomic E-state index is 13.0. The highest BCUT2D eigenvalue weighted by molar-refractivity contribution is 6.32. The zero-order valence-corrected chi connectivity index (χ0v) is 25.3. The van der Waals surface area contributed by atoms with Crippen molar-refractivity contribution in [2.75, 3.05) is 17.3 Å². The maximum Gasteiger partial charge on any atom is 0.261 e. The van der Waals surface area contributed by atoms with Crippen LogP contribution in [0.25, 0.3) is 21.8 Å². The quantitative estimate of drug-likeness (QED) is 0.184. The lowest BCUT2D eigenvalue weighted by molar-refractivity contribution is 0.0880. The highest BCUT2D eigenvalue weighted by atomic mass is 35.5. The zero-order chi connectivity index (χ0) is 31.2. The third kappa shape index (κ3) is 4.68. The van der Waals surface area contributed by atoms with Gasteiger partial charge in [-0.1, -0.05) is 23.7 Å². The number of anilines is 3. The Balaban J connectivity index is 1.37. The van der Waals surface area contributed by atoms with Crippen LogP contribution in [0.5, 0.6) is 5.75 Å². The topological polar surface area (TPSA) is 156 Å². The van der Waals surface area contributed by atoms with E-state index in [1.807, 2.05) is 41.6 Å². The van der Waals surface area contributed by atoms with Gasteiger partial charge < -0.3 is 19.9 Å². The van der Waals surface area contributed by atoms with Gasteiger partial charge in [-0.25, -0.2) is 14.6 Å². The highest BCUT2D eigenvalue weighted by Crippen LogP contribution is 2.41. The van der Waals surface area contributed by atoms with Crippen molar-refractivity contribution < 1.29 is 14.3 Å². The molecule has 2 aromatic carbocycles. The number of imide groups is 1. The van der Waals surface area contributed by atoms with Crippen LogP contribution >= 0.6 is 11.6 Å². The minimum atomic E-state index is -0.506. The number of nitrogens with one attached hydrogen (secondary N) is 3. The normalized spacial score (nSPS) is 13.2. The first kappa shape index (κ1) is 28.2. The highest BCUT2D eigenvalue weighted by Gasteiger charge is 2.34. The Morgan fingerprint density at radius 2 is 1.96 bits per heavy atom. The number of ether oxygens (including phenoxy) is 1. The van der Waals surface area contributed by atoms with Crippen molar-refractivity contribution in [3.8, 4) is 5.75 Å². The summed E-state index contributed by atoms with van der Waals surface area (Å²) in [5, 5.41) is 22.6. The standard InChI is InChI=1S/C31H27ClN10O3/c1-4-41-29-20(13-37-41)25-19(12-35-29)27(39-40-28(25)34-11-17-8-9-23(45-3)21(32)10-17)16(2)42(24-14-33-15-36-24)22-7-5-6-18-26(22)31(44)38-30(18)43/h5-10,12-16H,4,11H2,1-3H3,(H,33,36)(H,34,40)(H,38,43,44). The second-order valence-corrected chi connectivity index (χ2v) is 10.9. The number of nitrogens with zero attached hydrogens (tertiary/aromatic N) is 7. The van der Waals surface area contributed by atoms with Crippen LogP contribution in [0.3, 0.4) is 0 Å². The van der Waals surface area contributed by atoms with Gasteiger partial charge in [0.05, 0.1) is 58.6 Å². The fraction of sp³-hybridized carbons (Fsp3) is 0.194. The van der Waals surface area contributed by atoms with E-state index in [9.17, 15) is 9.59 Å². The molecule has 4 aromatic heterocycles. The molecule has 7 rings (SSSR count). The van der Waals surface area contributed by atoms with Gasteiger partial charge in [-0.2, -0.15) is 10.2 Å². The van der Waals surface area contributed by atoms with Gasteiger partial charge in [-0.3, -0.25) is 14.9 Å². The molecule has 0 bridgehead atoms. The maximum atomic E-state index is 13.0. The number of methoxy groups -OCH3 is 1. The molecule has 0 spiro atoms. The molecule has 0 radical (unpaired) electrons. The summed E-state index contributed by atoms with van der Waals surface area (Å²) < 4.78 is 7.11. The molecule has 14 heteroatoms. The molecule has 2 amide bonds. The fourth-order valence-corrected chi connectivity index (χ4v) is 6.07. The number of halogens is 1. The number of hydrogen-bond donors (Lipinski definition) is 3. The van der Waals surface area contributed by atoms with Crippen LogP contribution in [0.15, 0.2) is 61.3 Å². The SMILES string of the molecule is CCn1ncc2c3c(NCc4ccc(OC)c(Cl)c4)nnc(C(C)N(c4c[nH]cn4)c4cccc5c4C(=O)NC5=O)c3cnc21. The van der Waals surface area contributed by atoms with Crippen LogP contribution in [-0.4, -0.2) is 53.9 Å². The van der Waals surface area contributed by atoms with Crippen LogP contribution in [0.4, 0.5) is 17.3 Å². The van der Waals surface area contributed by atoms with Crippen LogP contribution in [0, 0.1) is 0 Å². The number of rotatable bonds is 9. The van der Waals surface area contributed by atoms with Crippen molar-refractivity contribution in [1.29, 1.82) is 0 Å². The van der Waals surface area contributed by atoms with Gasteiger partial charge >= 0.3 is 0 Å². The summed E-state index contributed by atoms with van der Waals surface area (Å²) in [4.78, 5) is 39.6. The number of hydrogen-bond acceptors (Lipinski definition) is 10. The summed E-state index contributed by atoms with van der Waals surface area (Å²) in [6.45, 7) is 5.01. The number of fused-ring (bicyclic) bond motifs is 4. The number of aromatic nitrogens is 7. The molecule has 1 atom stereocenters. The summed E-state index contributed by atoms with van der Waals surface area (Å²) in [5.41, 5.74) is 3.32. The molecular formula is C31H27ClN10O3. The molecule has 1 unspecified atom stereocenters. The van der Waals surface area contributed by atoms with Gasteiger partial charge in [-0.15, -0.1) is 5.10 Å². The van der Waals surface area contributed by atoms with E-state index in [2.05, 4.69) is 30.8 Å². The van der Waals surface area contributed by atoms with E-state index in [4.69, 9.17) is 26.4 Å². The number of carbonyl (C=O) groups is 2. The van der Waals surface area contributed by atoms with Crippen LogP contribution in [-0.2, 0) is 13.1 Å². The average Bonchev–Trinajstić information content (AvgIpc) is 3.79. The van der Waals surface area contributed by atoms with Crippen molar-refractivity contribution >= 4 is 62.5 Å². The molecule has 0 aliphatic carbocycles. The number of imidazole rings is 1. The van der Waals surface area contributed by atoms with Gasteiger partial charge in [0.15, 0.2) is 17.3 Å². The lowest BCUT2D eigenvalue weighted by Crippen LogP contribution is -2.26. The predicted octanol–water partition coefficient (Wildman–Crippen LogP) is 5.17. The molecular weight excluding hydrogens is 596 g/mol. The molecule has 6 aromatic rings. The second kappa shape index (κ2) is 11.2. The summed E-state index contributed by atoms with van der Waals surface area (Å²) in [5.74, 6) is 0.765. The van der Waals surface area contributed by atoms with E-state index in [0.29, 0.717) is 58.1 Å². The van der Waals surface area contributed by atoms with E-state index in [-0.39, 0.29) is 5.56 Å². The Morgan fingerprint density at radius 1 is 1.09 bits per heavy atom. The lowest BCUT2D eigenvalue weighted by atomic mass is 10.0. The van der Waals surface area contributed by atoms with E-state index in [0.717, 1.165) is 21.7 Å². The summed E-state index contributed by atoms with van der Waals surface area (Å²) >= 11 is 6.38. The fourth-order valence-electron chi connectivity index (χ4n) is 5.79. The van der Waals surface area contributed by atoms with Crippen molar-refractivity contribution in [2.45, 2.75) is 33.0 Å². The molecule has 3 N–H and O–H groups in total. The molecule has 45 heavy (non-hydrogen) atoms. The molecule has 13 nitrogen and oxygen atoms in total. The molecule has 0 fully saturated rings. The first-order chi connectivity index (χ1) is 21.9. The number of pyridine rings is 1.